The summed E-state index contributed by atoms with van der Waals surface area (Å²) in [5.41, 5.74) is 3.51. The smallest absolute Gasteiger partial charge is 0.164 e. The molecule has 8 heteroatoms. The van der Waals surface area contributed by atoms with E-state index in [1.165, 1.54) is 6.33 Å². The summed E-state index contributed by atoms with van der Waals surface area (Å²) in [5.74, 6) is 0. The normalized spacial score (nSPS) is 29.9. The third-order valence-corrected chi connectivity index (χ3v) is 5.87. The molecule has 0 spiro atoms. The monoisotopic (exact) mass is 401 g/mol. The summed E-state index contributed by atoms with van der Waals surface area (Å²) in [6.45, 7) is 2.40. The fraction of sp³-hybridized carbons (Fsp3) is 0.400. The van der Waals surface area contributed by atoms with E-state index in [2.05, 4.69) is 9.97 Å². The van der Waals surface area contributed by atoms with Crippen molar-refractivity contribution >= 4 is 22.6 Å². The van der Waals surface area contributed by atoms with E-state index in [0.717, 1.165) is 28.6 Å². The lowest BCUT2D eigenvalue weighted by Crippen LogP contribution is -2.37. The van der Waals surface area contributed by atoms with Gasteiger partial charge in [0.2, 0.25) is 0 Å². The second-order valence-corrected chi connectivity index (χ2v) is 7.71. The lowest BCUT2D eigenvalue weighted by atomic mass is 9.92. The van der Waals surface area contributed by atoms with Crippen LogP contribution in [0.4, 0.5) is 0 Å². The van der Waals surface area contributed by atoms with E-state index in [-0.39, 0.29) is 0 Å². The predicted molar refractivity (Wildman–Crippen MR) is 102 cm³/mol. The quantitative estimate of drug-likeness (QED) is 0.685. The maximum absolute atomic E-state index is 10.8. The van der Waals surface area contributed by atoms with Gasteiger partial charge in [-0.15, -0.1) is 0 Å². The summed E-state index contributed by atoms with van der Waals surface area (Å²) in [4.78, 5) is 8.52. The second-order valence-electron chi connectivity index (χ2n) is 7.28. The molecule has 2 aromatic heterocycles. The molecule has 0 unspecified atom stereocenters. The average molecular weight is 402 g/mol. The molecule has 5 atom stereocenters. The molecule has 1 saturated heterocycles. The minimum atomic E-state index is -1.11. The maximum atomic E-state index is 10.8. The number of aliphatic hydroxyl groups is 2. The molecule has 4 heterocycles. The molecule has 7 nitrogen and oxygen atoms in total. The van der Waals surface area contributed by atoms with Gasteiger partial charge in [-0.3, -0.25) is 0 Å². The van der Waals surface area contributed by atoms with E-state index in [1.807, 2.05) is 25.1 Å². The number of fused-ring (bicyclic) bond motifs is 2. The van der Waals surface area contributed by atoms with Crippen LogP contribution in [0.1, 0.15) is 29.2 Å². The van der Waals surface area contributed by atoms with Crippen LogP contribution in [0.2, 0.25) is 5.02 Å². The SMILES string of the molecule is Cc1ncnc2c1ccn2[C@@H]1O[C@H]([C@@H]2OCCc3cc(Cl)ccc32)[C@@H](O)[C@H]1O. The molecule has 0 bridgehead atoms. The third kappa shape index (κ3) is 2.74. The average Bonchev–Trinajstić information content (AvgIpc) is 3.24. The van der Waals surface area contributed by atoms with E-state index in [4.69, 9.17) is 21.1 Å². The van der Waals surface area contributed by atoms with Gasteiger partial charge >= 0.3 is 0 Å². The highest BCUT2D eigenvalue weighted by atomic mass is 35.5. The van der Waals surface area contributed by atoms with Gasteiger partial charge in [-0.1, -0.05) is 17.7 Å². The number of benzene rings is 1. The van der Waals surface area contributed by atoms with Crippen LogP contribution >= 0.6 is 11.6 Å². The Kier molecular flexibility index (Phi) is 4.37. The number of hydrogen-bond acceptors (Lipinski definition) is 6. The Morgan fingerprint density at radius 1 is 1.18 bits per heavy atom. The minimum Gasteiger partial charge on any atom is -0.387 e. The first-order valence-corrected chi connectivity index (χ1v) is 9.62. The van der Waals surface area contributed by atoms with Crippen molar-refractivity contribution in [2.24, 2.45) is 0 Å². The predicted octanol–water partition coefficient (Wildman–Crippen LogP) is 2.33. The highest BCUT2D eigenvalue weighted by molar-refractivity contribution is 6.30. The Bertz CT molecular complexity index is 1040. The van der Waals surface area contributed by atoms with Gasteiger partial charge in [0.25, 0.3) is 0 Å². The molecule has 0 radical (unpaired) electrons. The Balaban J connectivity index is 1.50. The Labute approximate surface area is 166 Å². The van der Waals surface area contributed by atoms with Crippen molar-refractivity contribution < 1.29 is 19.7 Å². The number of nitrogens with zero attached hydrogens (tertiary/aromatic N) is 3. The van der Waals surface area contributed by atoms with Gasteiger partial charge in [0, 0.05) is 16.6 Å². The summed E-state index contributed by atoms with van der Waals surface area (Å²) in [6, 6.07) is 7.51. The first-order chi connectivity index (χ1) is 13.5. The Morgan fingerprint density at radius 2 is 2.04 bits per heavy atom. The van der Waals surface area contributed by atoms with Gasteiger partial charge in [0.15, 0.2) is 6.23 Å². The first kappa shape index (κ1) is 18.0. The van der Waals surface area contributed by atoms with E-state index in [9.17, 15) is 10.2 Å². The zero-order valence-corrected chi connectivity index (χ0v) is 16.0. The minimum absolute atomic E-state index is 0.478. The summed E-state index contributed by atoms with van der Waals surface area (Å²) >= 11 is 6.12. The zero-order chi connectivity index (χ0) is 19.4. The second kappa shape index (κ2) is 6.79. The third-order valence-electron chi connectivity index (χ3n) is 5.64. The standard InChI is InChI=1S/C20H20ClN3O4/c1-10-13-4-6-24(19(13)23-9-22-10)20-16(26)15(25)18(28-20)17-14-3-2-12(21)8-11(14)5-7-27-17/h2-4,6,8-9,15-18,20,25-26H,5,7H2,1H3/t15-,16+,17+,18-,20+/m0/s1. The molecular weight excluding hydrogens is 382 g/mol. The lowest BCUT2D eigenvalue weighted by Gasteiger charge is -2.31. The van der Waals surface area contributed by atoms with Crippen molar-refractivity contribution in [3.8, 4) is 0 Å². The van der Waals surface area contributed by atoms with Crippen LogP contribution in [0.15, 0.2) is 36.8 Å². The number of aliphatic hydroxyl groups excluding tert-OH is 2. The van der Waals surface area contributed by atoms with Crippen molar-refractivity contribution in [1.29, 1.82) is 0 Å². The van der Waals surface area contributed by atoms with Gasteiger partial charge in [-0.05, 0) is 42.7 Å². The van der Waals surface area contributed by atoms with Gasteiger partial charge in [0.1, 0.15) is 36.4 Å². The molecule has 0 aliphatic carbocycles. The summed E-state index contributed by atoms with van der Waals surface area (Å²) in [5, 5.41) is 23.0. The van der Waals surface area contributed by atoms with E-state index < -0.39 is 30.6 Å². The molecular formula is C20H20ClN3O4. The van der Waals surface area contributed by atoms with Crippen molar-refractivity contribution in [3.63, 3.8) is 0 Å². The summed E-state index contributed by atoms with van der Waals surface area (Å²) in [7, 11) is 0. The molecule has 2 aliphatic heterocycles. The number of ether oxygens (including phenoxy) is 2. The van der Waals surface area contributed by atoms with Gasteiger partial charge in [0.05, 0.1) is 12.3 Å². The molecule has 0 amide bonds. The number of aromatic nitrogens is 3. The molecule has 146 valence electrons. The van der Waals surface area contributed by atoms with Crippen LogP contribution in [-0.4, -0.2) is 49.7 Å². The van der Waals surface area contributed by atoms with Crippen molar-refractivity contribution in [1.82, 2.24) is 14.5 Å². The van der Waals surface area contributed by atoms with Crippen LogP contribution in [0.25, 0.3) is 11.0 Å². The van der Waals surface area contributed by atoms with Crippen LogP contribution < -0.4 is 0 Å². The van der Waals surface area contributed by atoms with E-state index >= 15 is 0 Å². The Morgan fingerprint density at radius 3 is 2.89 bits per heavy atom. The van der Waals surface area contributed by atoms with Crippen LogP contribution in [0.3, 0.4) is 0 Å². The number of aryl methyl sites for hydroxylation is 1. The fourth-order valence-corrected chi connectivity index (χ4v) is 4.39. The van der Waals surface area contributed by atoms with Crippen LogP contribution in [0, 0.1) is 6.92 Å². The van der Waals surface area contributed by atoms with E-state index in [0.29, 0.717) is 17.3 Å². The molecule has 28 heavy (non-hydrogen) atoms. The summed E-state index contributed by atoms with van der Waals surface area (Å²) < 4.78 is 13.8. The highest BCUT2D eigenvalue weighted by Crippen LogP contribution is 2.41. The molecule has 2 N–H and O–H groups in total. The molecule has 1 aromatic carbocycles. The van der Waals surface area contributed by atoms with E-state index in [1.54, 1.807) is 16.8 Å². The Hall–Kier alpha value is -2.03. The molecule has 2 aliphatic rings. The first-order valence-electron chi connectivity index (χ1n) is 9.24. The fourth-order valence-electron chi connectivity index (χ4n) is 4.19. The molecule has 5 rings (SSSR count). The van der Waals surface area contributed by atoms with Gasteiger partial charge < -0.3 is 24.3 Å². The number of rotatable bonds is 2. The van der Waals surface area contributed by atoms with Crippen molar-refractivity contribution in [2.45, 2.75) is 44.0 Å². The van der Waals surface area contributed by atoms with Gasteiger partial charge in [-0.2, -0.15) is 0 Å². The maximum Gasteiger partial charge on any atom is 0.164 e. The van der Waals surface area contributed by atoms with Crippen molar-refractivity contribution in [2.75, 3.05) is 6.61 Å². The lowest BCUT2D eigenvalue weighted by molar-refractivity contribution is -0.113. The topological polar surface area (TPSA) is 89.6 Å². The van der Waals surface area contributed by atoms with Gasteiger partial charge in [-0.25, -0.2) is 9.97 Å². The molecule has 1 fully saturated rings. The summed E-state index contributed by atoms with van der Waals surface area (Å²) in [6.07, 6.45) is -0.144. The largest absolute Gasteiger partial charge is 0.387 e. The molecule has 0 saturated carbocycles. The number of halogens is 1. The highest BCUT2D eigenvalue weighted by Gasteiger charge is 2.49. The van der Waals surface area contributed by atoms with Crippen LogP contribution in [0.5, 0.6) is 0 Å². The van der Waals surface area contributed by atoms with Crippen LogP contribution in [-0.2, 0) is 15.9 Å². The molecule has 3 aromatic rings. The number of hydrogen-bond donors (Lipinski definition) is 2. The zero-order valence-electron chi connectivity index (χ0n) is 15.2. The van der Waals surface area contributed by atoms with Crippen molar-refractivity contribution in [3.05, 3.63) is 58.6 Å².